The highest BCUT2D eigenvalue weighted by molar-refractivity contribution is 8.14. The summed E-state index contributed by atoms with van der Waals surface area (Å²) in [6, 6.07) is 5.21. The van der Waals surface area contributed by atoms with Gasteiger partial charge in [0.2, 0.25) is 21.8 Å². The Morgan fingerprint density at radius 3 is 2.38 bits per heavy atom. The molecule has 1 heterocycles. The van der Waals surface area contributed by atoms with Crippen LogP contribution >= 0.6 is 11.8 Å². The Labute approximate surface area is 124 Å². The first-order valence-electron chi connectivity index (χ1n) is 5.67. The van der Waals surface area contributed by atoms with Gasteiger partial charge in [-0.2, -0.15) is 0 Å². The zero-order chi connectivity index (χ0) is 15.6. The zero-order valence-electron chi connectivity index (χ0n) is 10.6. The molecule has 0 aliphatic carbocycles. The molecular formula is C11H11N3O5S2. The van der Waals surface area contributed by atoms with Crippen LogP contribution < -0.4 is 10.5 Å². The fraction of sp³-hybridized carbons (Fsp3) is 0.182. The van der Waals surface area contributed by atoms with Crippen molar-refractivity contribution in [2.24, 2.45) is 5.14 Å². The smallest absolute Gasteiger partial charge is 0.289 e. The summed E-state index contributed by atoms with van der Waals surface area (Å²) < 4.78 is 22.2. The van der Waals surface area contributed by atoms with E-state index < -0.39 is 27.1 Å². The maximum absolute atomic E-state index is 11.7. The highest BCUT2D eigenvalue weighted by Crippen LogP contribution is 2.18. The molecule has 0 aromatic heterocycles. The molecule has 1 aromatic rings. The molecule has 1 aliphatic rings. The minimum atomic E-state index is -3.79. The maximum atomic E-state index is 11.7. The minimum Gasteiger partial charge on any atom is -0.325 e. The number of nitrogens with zero attached hydrogens (tertiary/aromatic N) is 1. The van der Waals surface area contributed by atoms with E-state index in [9.17, 15) is 22.8 Å². The minimum absolute atomic E-state index is 0.0369. The maximum Gasteiger partial charge on any atom is 0.289 e. The largest absolute Gasteiger partial charge is 0.325 e. The molecule has 0 bridgehead atoms. The van der Waals surface area contributed by atoms with E-state index in [0.717, 1.165) is 16.7 Å². The van der Waals surface area contributed by atoms with Crippen LogP contribution in [0, 0.1) is 0 Å². The lowest BCUT2D eigenvalue weighted by Crippen LogP contribution is -2.36. The molecule has 3 amide bonds. The summed E-state index contributed by atoms with van der Waals surface area (Å²) in [5.74, 6) is -0.929. The van der Waals surface area contributed by atoms with Crippen molar-refractivity contribution >= 4 is 44.5 Å². The van der Waals surface area contributed by atoms with E-state index >= 15 is 0 Å². The normalized spacial score (nSPS) is 15.4. The average molecular weight is 329 g/mol. The topological polar surface area (TPSA) is 127 Å². The number of rotatable bonds is 4. The van der Waals surface area contributed by atoms with Gasteiger partial charge in [0.15, 0.2) is 0 Å². The Bertz CT molecular complexity index is 683. The molecule has 1 aliphatic heterocycles. The number of nitrogens with two attached hydrogens (primary N) is 1. The van der Waals surface area contributed by atoms with E-state index in [1.165, 1.54) is 24.3 Å². The van der Waals surface area contributed by atoms with Gasteiger partial charge in [-0.15, -0.1) is 0 Å². The number of carbonyl (C=O) groups is 3. The summed E-state index contributed by atoms with van der Waals surface area (Å²) in [5.41, 5.74) is 0.333. The zero-order valence-corrected chi connectivity index (χ0v) is 12.2. The number of amides is 3. The third-order valence-corrected chi connectivity index (χ3v) is 4.40. The first-order valence-corrected chi connectivity index (χ1v) is 8.20. The monoisotopic (exact) mass is 329 g/mol. The highest BCUT2D eigenvalue weighted by Gasteiger charge is 2.31. The van der Waals surface area contributed by atoms with Gasteiger partial charge in [-0.05, 0) is 24.3 Å². The third-order valence-electron chi connectivity index (χ3n) is 2.61. The molecule has 1 saturated heterocycles. The van der Waals surface area contributed by atoms with Gasteiger partial charge in [0, 0.05) is 5.69 Å². The number of benzene rings is 1. The van der Waals surface area contributed by atoms with Gasteiger partial charge in [0.25, 0.3) is 5.24 Å². The summed E-state index contributed by atoms with van der Waals surface area (Å²) in [6.07, 6.45) is 0. The molecule has 0 unspecified atom stereocenters. The van der Waals surface area contributed by atoms with Crippen LogP contribution in [0.2, 0.25) is 0 Å². The molecule has 3 N–H and O–H groups in total. The summed E-state index contributed by atoms with van der Waals surface area (Å²) in [4.78, 5) is 35.2. The lowest BCUT2D eigenvalue weighted by atomic mass is 10.3. The van der Waals surface area contributed by atoms with Crippen molar-refractivity contribution in [3.05, 3.63) is 24.3 Å². The summed E-state index contributed by atoms with van der Waals surface area (Å²) in [6.45, 7) is -0.373. The van der Waals surface area contributed by atoms with E-state index in [2.05, 4.69) is 5.32 Å². The Morgan fingerprint density at radius 1 is 1.29 bits per heavy atom. The van der Waals surface area contributed by atoms with Crippen molar-refractivity contribution < 1.29 is 22.8 Å². The van der Waals surface area contributed by atoms with Gasteiger partial charge in [0.1, 0.15) is 6.54 Å². The van der Waals surface area contributed by atoms with Crippen LogP contribution in [0.15, 0.2) is 29.2 Å². The predicted molar refractivity (Wildman–Crippen MR) is 76.0 cm³/mol. The summed E-state index contributed by atoms with van der Waals surface area (Å²) in [5, 5.41) is 6.95. The number of primary sulfonamides is 1. The van der Waals surface area contributed by atoms with E-state index in [4.69, 9.17) is 5.14 Å². The molecule has 2 rings (SSSR count). The standard InChI is InChI=1S/C11H11N3O5S2/c12-21(18,19)8-3-1-7(2-4-8)13-9(15)5-14-10(16)6-20-11(14)17/h1-4H,5-6H2,(H,13,15)(H2,12,18,19). The molecule has 0 radical (unpaired) electrons. The predicted octanol–water partition coefficient (Wildman–Crippen LogP) is -0.0321. The summed E-state index contributed by atoms with van der Waals surface area (Å²) in [7, 11) is -3.79. The molecule has 0 saturated carbocycles. The molecule has 21 heavy (non-hydrogen) atoms. The van der Waals surface area contributed by atoms with Crippen molar-refractivity contribution in [2.45, 2.75) is 4.90 Å². The molecule has 1 aromatic carbocycles. The van der Waals surface area contributed by atoms with Crippen LogP contribution in [-0.4, -0.2) is 42.7 Å². The fourth-order valence-electron chi connectivity index (χ4n) is 1.61. The van der Waals surface area contributed by atoms with Crippen molar-refractivity contribution in [1.29, 1.82) is 0 Å². The van der Waals surface area contributed by atoms with Gasteiger partial charge < -0.3 is 5.32 Å². The lowest BCUT2D eigenvalue weighted by Gasteiger charge is -2.12. The van der Waals surface area contributed by atoms with Crippen LogP contribution in [0.25, 0.3) is 0 Å². The van der Waals surface area contributed by atoms with Crippen LogP contribution in [0.4, 0.5) is 10.5 Å². The van der Waals surface area contributed by atoms with Crippen molar-refractivity contribution in [2.75, 3.05) is 17.6 Å². The lowest BCUT2D eigenvalue weighted by molar-refractivity contribution is -0.128. The Hall–Kier alpha value is -1.91. The molecule has 0 spiro atoms. The SMILES string of the molecule is NS(=O)(=O)c1ccc(NC(=O)CN2C(=O)CSC2=O)cc1. The van der Waals surface area contributed by atoms with E-state index in [-0.39, 0.29) is 17.2 Å². The quantitative estimate of drug-likeness (QED) is 0.798. The van der Waals surface area contributed by atoms with Gasteiger partial charge in [-0.3, -0.25) is 19.3 Å². The number of sulfonamides is 1. The van der Waals surface area contributed by atoms with Crippen LogP contribution in [-0.2, 0) is 19.6 Å². The average Bonchev–Trinajstić information content (AvgIpc) is 2.70. The Morgan fingerprint density at radius 2 is 1.90 bits per heavy atom. The molecule has 112 valence electrons. The molecule has 8 nitrogen and oxygen atoms in total. The van der Waals surface area contributed by atoms with Gasteiger partial charge in [-0.1, -0.05) is 11.8 Å². The first kappa shape index (κ1) is 15.5. The number of carbonyl (C=O) groups excluding carboxylic acids is 3. The fourth-order valence-corrected chi connectivity index (χ4v) is 2.85. The second-order valence-electron chi connectivity index (χ2n) is 4.15. The number of thioether (sulfide) groups is 1. The number of hydrogen-bond donors (Lipinski definition) is 2. The van der Waals surface area contributed by atoms with Crippen LogP contribution in [0.3, 0.4) is 0 Å². The second-order valence-corrected chi connectivity index (χ2v) is 6.64. The number of hydrogen-bond acceptors (Lipinski definition) is 6. The Kier molecular flexibility index (Phi) is 4.30. The van der Waals surface area contributed by atoms with Crippen molar-refractivity contribution in [3.63, 3.8) is 0 Å². The van der Waals surface area contributed by atoms with Gasteiger partial charge >= 0.3 is 0 Å². The van der Waals surface area contributed by atoms with E-state index in [1.807, 2.05) is 0 Å². The second kappa shape index (κ2) is 5.84. The number of nitrogens with one attached hydrogen (secondary N) is 1. The van der Waals surface area contributed by atoms with Crippen LogP contribution in [0.5, 0.6) is 0 Å². The molecule has 0 atom stereocenters. The van der Waals surface area contributed by atoms with Gasteiger partial charge in [-0.25, -0.2) is 13.6 Å². The van der Waals surface area contributed by atoms with E-state index in [1.54, 1.807) is 0 Å². The van der Waals surface area contributed by atoms with Crippen LogP contribution in [0.1, 0.15) is 0 Å². The van der Waals surface area contributed by atoms with Crippen molar-refractivity contribution in [1.82, 2.24) is 4.90 Å². The van der Waals surface area contributed by atoms with Gasteiger partial charge in [0.05, 0.1) is 10.6 Å². The number of imide groups is 1. The summed E-state index contributed by atoms with van der Waals surface area (Å²) >= 11 is 0.843. The molecule has 1 fully saturated rings. The van der Waals surface area contributed by atoms with Crippen molar-refractivity contribution in [3.8, 4) is 0 Å². The Balaban J connectivity index is 2.00. The highest BCUT2D eigenvalue weighted by atomic mass is 32.2. The number of anilines is 1. The van der Waals surface area contributed by atoms with E-state index in [0.29, 0.717) is 5.69 Å². The third kappa shape index (κ3) is 3.80. The first-order chi connectivity index (χ1) is 9.77. The molecular weight excluding hydrogens is 318 g/mol. The molecule has 10 heteroatoms.